The Morgan fingerprint density at radius 2 is 1.89 bits per heavy atom. The summed E-state index contributed by atoms with van der Waals surface area (Å²) in [5.74, 6) is 0.0206. The first-order valence-electron chi connectivity index (χ1n) is 11.1. The van der Waals surface area contributed by atoms with Gasteiger partial charge in [0.2, 0.25) is 5.91 Å². The minimum atomic E-state index is -0.468. The lowest BCUT2D eigenvalue weighted by atomic mass is 9.94. The molecule has 0 aliphatic carbocycles. The van der Waals surface area contributed by atoms with Crippen LogP contribution in [0.3, 0.4) is 0 Å². The molecule has 0 fully saturated rings. The largest absolute Gasteiger partial charge is 0.497 e. The van der Waals surface area contributed by atoms with Crippen LogP contribution in [0.15, 0.2) is 82.0 Å². The molecule has 182 valence electrons. The molecule has 0 radical (unpaired) electrons. The van der Waals surface area contributed by atoms with E-state index in [2.05, 4.69) is 10.3 Å². The molecule has 0 aromatic heterocycles. The summed E-state index contributed by atoms with van der Waals surface area (Å²) in [6.07, 6.45) is 0.109. The Bertz CT molecular complexity index is 1190. The third kappa shape index (κ3) is 5.58. The molecule has 35 heavy (non-hydrogen) atoms. The minimum Gasteiger partial charge on any atom is -0.497 e. The van der Waals surface area contributed by atoms with Gasteiger partial charge in [-0.1, -0.05) is 48.2 Å². The molecule has 0 unspecified atom stereocenters. The smallest absolute Gasteiger partial charge is 0.338 e. The van der Waals surface area contributed by atoms with Gasteiger partial charge >= 0.3 is 5.97 Å². The van der Waals surface area contributed by atoms with Gasteiger partial charge in [-0.2, -0.15) is 0 Å². The van der Waals surface area contributed by atoms with E-state index in [-0.39, 0.29) is 18.9 Å². The van der Waals surface area contributed by atoms with Gasteiger partial charge in [-0.15, -0.1) is 0 Å². The van der Waals surface area contributed by atoms with Crippen LogP contribution in [-0.4, -0.2) is 49.4 Å². The van der Waals surface area contributed by atoms with Crippen molar-refractivity contribution in [1.29, 1.82) is 0 Å². The predicted octanol–water partition coefficient (Wildman–Crippen LogP) is 4.49. The molecule has 9 heteroatoms. The number of hydrogen-bond donors (Lipinski definition) is 1. The quantitative estimate of drug-likeness (QED) is 0.407. The second-order valence-electron chi connectivity index (χ2n) is 7.89. The van der Waals surface area contributed by atoms with E-state index in [0.717, 1.165) is 11.3 Å². The molecule has 8 nitrogen and oxygen atoms in total. The molecule has 2 aromatic rings. The number of benzene rings is 2. The van der Waals surface area contributed by atoms with Crippen molar-refractivity contribution in [3.8, 4) is 5.75 Å². The van der Waals surface area contributed by atoms with Crippen LogP contribution in [0.2, 0.25) is 0 Å². The Morgan fingerprint density at radius 3 is 2.63 bits per heavy atom. The highest BCUT2D eigenvalue weighted by Gasteiger charge is 2.41. The maximum absolute atomic E-state index is 13.1. The molecule has 0 spiro atoms. The molecular weight excluding hydrogens is 466 g/mol. The monoisotopic (exact) mass is 493 g/mol. The van der Waals surface area contributed by atoms with E-state index in [0.29, 0.717) is 34.5 Å². The van der Waals surface area contributed by atoms with Crippen LogP contribution < -0.4 is 10.1 Å². The number of allylic oxidation sites excluding steroid dienone is 1. The van der Waals surface area contributed by atoms with Crippen LogP contribution in [0.4, 0.5) is 5.69 Å². The van der Waals surface area contributed by atoms with E-state index >= 15 is 0 Å². The molecule has 1 amide bonds. The first kappa shape index (κ1) is 24.6. The molecule has 2 aromatic carbocycles. The Labute approximate surface area is 208 Å². The predicted molar refractivity (Wildman–Crippen MR) is 136 cm³/mol. The number of carbonyl (C=O) groups excluding carboxylic acids is 2. The number of nitrogens with one attached hydrogen (secondary N) is 1. The SMILES string of the molecule is COCCOC(=O)C1=C(C)N=C2SC=C(CC(=O)Nc3cccc(OC)c3)N2[C@@H]1c1ccccc1. The molecule has 0 saturated carbocycles. The van der Waals surface area contributed by atoms with Gasteiger partial charge in [0, 0.05) is 24.6 Å². The lowest BCUT2D eigenvalue weighted by Crippen LogP contribution is -2.37. The Hall–Kier alpha value is -3.56. The molecule has 2 aliphatic heterocycles. The van der Waals surface area contributed by atoms with Crippen molar-refractivity contribution in [2.45, 2.75) is 19.4 Å². The van der Waals surface area contributed by atoms with Gasteiger partial charge in [0.1, 0.15) is 12.4 Å². The van der Waals surface area contributed by atoms with Gasteiger partial charge in [0.05, 0.1) is 37.4 Å². The average molecular weight is 494 g/mol. The number of esters is 1. The highest BCUT2D eigenvalue weighted by Crippen LogP contribution is 2.44. The van der Waals surface area contributed by atoms with E-state index in [1.165, 1.54) is 11.8 Å². The summed E-state index contributed by atoms with van der Waals surface area (Å²) in [5, 5.41) is 5.54. The van der Waals surface area contributed by atoms with Crippen molar-refractivity contribution in [1.82, 2.24) is 4.90 Å². The molecule has 2 heterocycles. The Morgan fingerprint density at radius 1 is 1.09 bits per heavy atom. The van der Waals surface area contributed by atoms with Gasteiger partial charge < -0.3 is 24.4 Å². The van der Waals surface area contributed by atoms with Crippen molar-refractivity contribution in [3.05, 3.63) is 82.5 Å². The summed E-state index contributed by atoms with van der Waals surface area (Å²) in [5.41, 5.74) is 3.33. The van der Waals surface area contributed by atoms with Crippen molar-refractivity contribution in [2.75, 3.05) is 32.8 Å². The fraction of sp³-hybridized carbons (Fsp3) is 0.269. The summed E-state index contributed by atoms with van der Waals surface area (Å²) in [6, 6.07) is 16.4. The topological polar surface area (TPSA) is 89.5 Å². The normalized spacial score (nSPS) is 16.9. The number of anilines is 1. The number of methoxy groups -OCH3 is 2. The molecular formula is C26H27N3O5S. The number of amides is 1. The van der Waals surface area contributed by atoms with E-state index < -0.39 is 12.0 Å². The maximum atomic E-state index is 13.1. The number of ether oxygens (including phenoxy) is 3. The van der Waals surface area contributed by atoms with Crippen molar-refractivity contribution in [3.63, 3.8) is 0 Å². The first-order chi connectivity index (χ1) is 17.0. The number of amidine groups is 1. The highest BCUT2D eigenvalue weighted by molar-refractivity contribution is 8.16. The van der Waals surface area contributed by atoms with Gasteiger partial charge in [0.25, 0.3) is 0 Å². The van der Waals surface area contributed by atoms with Crippen molar-refractivity contribution in [2.24, 2.45) is 4.99 Å². The summed E-state index contributed by atoms with van der Waals surface area (Å²) in [6.45, 7) is 2.25. The zero-order valence-electron chi connectivity index (χ0n) is 19.8. The number of hydrogen-bond acceptors (Lipinski definition) is 8. The van der Waals surface area contributed by atoms with Gasteiger partial charge in [-0.3, -0.25) is 4.79 Å². The number of nitrogens with zero attached hydrogens (tertiary/aromatic N) is 2. The molecule has 2 aliphatic rings. The van der Waals surface area contributed by atoms with Gasteiger partial charge in [-0.25, -0.2) is 9.79 Å². The Kier molecular flexibility index (Phi) is 7.89. The van der Waals surface area contributed by atoms with Crippen LogP contribution in [0.25, 0.3) is 0 Å². The summed E-state index contributed by atoms with van der Waals surface area (Å²) in [7, 11) is 3.13. The van der Waals surface area contributed by atoms with Crippen molar-refractivity contribution < 1.29 is 23.8 Å². The zero-order chi connectivity index (χ0) is 24.8. The molecule has 1 N–H and O–H groups in total. The fourth-order valence-corrected chi connectivity index (χ4v) is 4.91. The lowest BCUT2D eigenvalue weighted by Gasteiger charge is -2.36. The van der Waals surface area contributed by atoms with E-state index in [9.17, 15) is 9.59 Å². The third-order valence-electron chi connectivity index (χ3n) is 5.55. The molecule has 0 bridgehead atoms. The number of aliphatic imine (C=N–C) groups is 1. The average Bonchev–Trinajstić information content (AvgIpc) is 3.25. The molecule has 1 atom stereocenters. The van der Waals surface area contributed by atoms with Crippen LogP contribution >= 0.6 is 11.8 Å². The van der Waals surface area contributed by atoms with Crippen LogP contribution in [-0.2, 0) is 19.1 Å². The zero-order valence-corrected chi connectivity index (χ0v) is 20.6. The highest BCUT2D eigenvalue weighted by atomic mass is 32.2. The number of fused-ring (bicyclic) bond motifs is 1. The molecule has 4 rings (SSSR count). The second kappa shape index (κ2) is 11.2. The van der Waals surface area contributed by atoms with Crippen LogP contribution in [0.1, 0.15) is 24.9 Å². The van der Waals surface area contributed by atoms with E-state index in [4.69, 9.17) is 14.2 Å². The van der Waals surface area contributed by atoms with Crippen LogP contribution in [0.5, 0.6) is 5.75 Å². The maximum Gasteiger partial charge on any atom is 0.338 e. The number of thioether (sulfide) groups is 1. The minimum absolute atomic E-state index is 0.109. The fourth-order valence-electron chi connectivity index (χ4n) is 3.95. The molecule has 0 saturated heterocycles. The van der Waals surface area contributed by atoms with Gasteiger partial charge in [-0.05, 0) is 30.0 Å². The summed E-state index contributed by atoms with van der Waals surface area (Å²) >= 11 is 1.43. The van der Waals surface area contributed by atoms with Crippen molar-refractivity contribution >= 4 is 34.5 Å². The number of rotatable bonds is 9. The summed E-state index contributed by atoms with van der Waals surface area (Å²) in [4.78, 5) is 32.7. The van der Waals surface area contributed by atoms with Gasteiger partial charge in [0.15, 0.2) is 5.17 Å². The van der Waals surface area contributed by atoms with E-state index in [1.54, 1.807) is 33.3 Å². The Balaban J connectivity index is 1.60. The third-order valence-corrected chi connectivity index (χ3v) is 6.44. The number of carbonyl (C=O) groups is 2. The first-order valence-corrected chi connectivity index (χ1v) is 12.0. The second-order valence-corrected chi connectivity index (χ2v) is 8.73. The summed E-state index contributed by atoms with van der Waals surface area (Å²) < 4.78 is 15.7. The van der Waals surface area contributed by atoms with Crippen LogP contribution in [0, 0.1) is 0 Å². The van der Waals surface area contributed by atoms with E-state index in [1.807, 2.05) is 52.8 Å². The standard InChI is InChI=1S/C26H27N3O5S/c1-17-23(25(31)34-13-12-32-2)24(18-8-5-4-6-9-18)29-20(16-35-26(29)27-17)15-22(30)28-19-10-7-11-21(14-19)33-3/h4-11,14,16,24H,12-13,15H2,1-3H3,(H,28,30)/t24-/m1/s1. The lowest BCUT2D eigenvalue weighted by molar-refractivity contribution is -0.141.